The Morgan fingerprint density at radius 1 is 1.11 bits per heavy atom. The number of aliphatic hydroxyl groups is 1. The van der Waals surface area contributed by atoms with E-state index < -0.39 is 28.4 Å². The average Bonchev–Trinajstić information content (AvgIpc) is 3.44. The van der Waals surface area contributed by atoms with E-state index in [0.717, 1.165) is 22.0 Å². The molecule has 2 N–H and O–H groups in total. The largest absolute Gasteiger partial charge is 0.507 e. The van der Waals surface area contributed by atoms with E-state index in [-0.39, 0.29) is 23.4 Å². The van der Waals surface area contributed by atoms with Crippen molar-refractivity contribution in [2.24, 2.45) is 0 Å². The van der Waals surface area contributed by atoms with Gasteiger partial charge in [0.2, 0.25) is 0 Å². The third-order valence-corrected chi connectivity index (χ3v) is 6.86. The average molecular weight is 512 g/mol. The van der Waals surface area contributed by atoms with Crippen LogP contribution in [-0.2, 0) is 16.0 Å². The molecule has 38 heavy (non-hydrogen) atoms. The highest BCUT2D eigenvalue weighted by atomic mass is 16.6. The number of amides is 1. The zero-order chi connectivity index (χ0) is 27.0. The number of Topliss-reactive ketones (excluding diaryl/α,β-unsaturated/α-hetero) is 1. The first-order chi connectivity index (χ1) is 18.3. The van der Waals surface area contributed by atoms with Crippen LogP contribution >= 0.6 is 0 Å². The zero-order valence-electron chi connectivity index (χ0n) is 20.8. The van der Waals surface area contributed by atoms with E-state index in [2.05, 4.69) is 4.98 Å². The number of likely N-dealkylation sites (tertiary alicyclic amines) is 1. The number of nitro benzene ring substituents is 1. The number of aliphatic hydroxyl groups excluding tert-OH is 1. The van der Waals surface area contributed by atoms with Gasteiger partial charge in [-0.1, -0.05) is 42.0 Å². The maximum atomic E-state index is 13.3. The van der Waals surface area contributed by atoms with E-state index in [1.807, 2.05) is 55.6 Å². The lowest BCUT2D eigenvalue weighted by Gasteiger charge is -2.25. The van der Waals surface area contributed by atoms with Gasteiger partial charge in [-0.25, -0.2) is 0 Å². The smallest absolute Gasteiger partial charge is 0.295 e. The van der Waals surface area contributed by atoms with Crippen molar-refractivity contribution >= 4 is 34.0 Å². The number of fused-ring (bicyclic) bond motifs is 1. The van der Waals surface area contributed by atoms with Gasteiger partial charge in [0.15, 0.2) is 0 Å². The number of nitro groups is 1. The number of H-pyrrole nitrogens is 1. The molecule has 2 heterocycles. The standard InChI is InChI=1S/C29H25N3O6/c1-17-6-8-18(9-7-17)26-25(27(33)19-4-3-5-21(14-19)32(36)37)28(34)29(35)31(26)13-12-20-16-30-24-11-10-22(38-2)15-23(20)24/h3-11,14-16,26,30,33H,12-13H2,1-2H3/t26-/m1/s1. The number of hydrogen-bond donors (Lipinski definition) is 2. The summed E-state index contributed by atoms with van der Waals surface area (Å²) in [5.74, 6) is -1.31. The van der Waals surface area contributed by atoms with Crippen LogP contribution < -0.4 is 4.74 Å². The number of ether oxygens (including phenoxy) is 1. The molecule has 0 spiro atoms. The van der Waals surface area contributed by atoms with Gasteiger partial charge in [-0.15, -0.1) is 0 Å². The Morgan fingerprint density at radius 2 is 1.87 bits per heavy atom. The second-order valence-electron chi connectivity index (χ2n) is 9.19. The number of non-ortho nitro benzene ring substituents is 1. The summed E-state index contributed by atoms with van der Waals surface area (Å²) in [5, 5.41) is 23.4. The van der Waals surface area contributed by atoms with Crippen LogP contribution in [0.15, 0.2) is 78.5 Å². The molecular formula is C29H25N3O6. The minimum Gasteiger partial charge on any atom is -0.507 e. The first-order valence-electron chi connectivity index (χ1n) is 12.0. The normalized spacial score (nSPS) is 16.8. The van der Waals surface area contributed by atoms with Crippen molar-refractivity contribution in [3.8, 4) is 5.75 Å². The number of hydrogen-bond acceptors (Lipinski definition) is 6. The molecule has 1 fully saturated rings. The Morgan fingerprint density at radius 3 is 2.58 bits per heavy atom. The number of methoxy groups -OCH3 is 1. The van der Waals surface area contributed by atoms with Crippen LogP contribution in [0, 0.1) is 17.0 Å². The van der Waals surface area contributed by atoms with Gasteiger partial charge < -0.3 is 19.7 Å². The molecule has 1 atom stereocenters. The lowest BCUT2D eigenvalue weighted by molar-refractivity contribution is -0.384. The summed E-state index contributed by atoms with van der Waals surface area (Å²) in [7, 11) is 1.59. The van der Waals surface area contributed by atoms with Crippen LogP contribution in [0.4, 0.5) is 5.69 Å². The molecule has 4 aromatic rings. The van der Waals surface area contributed by atoms with Crippen LogP contribution in [0.25, 0.3) is 16.7 Å². The highest BCUT2D eigenvalue weighted by Gasteiger charge is 2.46. The number of aryl methyl sites for hydroxylation is 1. The molecule has 192 valence electrons. The minimum atomic E-state index is -0.852. The summed E-state index contributed by atoms with van der Waals surface area (Å²) in [6, 6.07) is 17.6. The van der Waals surface area contributed by atoms with Gasteiger partial charge in [-0.2, -0.15) is 0 Å². The van der Waals surface area contributed by atoms with Crippen LogP contribution in [-0.4, -0.2) is 45.3 Å². The Kier molecular flexibility index (Phi) is 6.42. The molecule has 1 amide bonds. The molecule has 0 aliphatic carbocycles. The topological polar surface area (TPSA) is 126 Å². The van der Waals surface area contributed by atoms with E-state index in [1.165, 1.54) is 29.2 Å². The van der Waals surface area contributed by atoms with Crippen molar-refractivity contribution in [2.75, 3.05) is 13.7 Å². The highest BCUT2D eigenvalue weighted by Crippen LogP contribution is 2.40. The summed E-state index contributed by atoms with van der Waals surface area (Å²) in [4.78, 5) is 42.0. The van der Waals surface area contributed by atoms with Gasteiger partial charge in [-0.05, 0) is 42.7 Å². The number of benzene rings is 3. The third kappa shape index (κ3) is 4.39. The molecular weight excluding hydrogens is 486 g/mol. The number of carbonyl (C=O) groups excluding carboxylic acids is 2. The van der Waals surface area contributed by atoms with Crippen LogP contribution in [0.1, 0.15) is 28.3 Å². The van der Waals surface area contributed by atoms with Crippen LogP contribution in [0.5, 0.6) is 5.75 Å². The van der Waals surface area contributed by atoms with Crippen molar-refractivity contribution in [1.82, 2.24) is 9.88 Å². The fraction of sp³-hybridized carbons (Fsp3) is 0.172. The van der Waals surface area contributed by atoms with E-state index in [0.29, 0.717) is 17.7 Å². The fourth-order valence-corrected chi connectivity index (χ4v) is 4.86. The SMILES string of the molecule is COc1ccc2[nH]cc(CCN3C(=O)C(=O)C(=C(O)c4cccc([N+](=O)[O-])c4)[C@H]3c3ccc(C)cc3)c2c1. The number of carbonyl (C=O) groups is 2. The number of rotatable bonds is 7. The van der Waals surface area contributed by atoms with Gasteiger partial charge in [0.25, 0.3) is 17.4 Å². The maximum absolute atomic E-state index is 13.3. The van der Waals surface area contributed by atoms with Crippen LogP contribution in [0.3, 0.4) is 0 Å². The molecule has 5 rings (SSSR count). The second kappa shape index (κ2) is 9.85. The Bertz CT molecular complexity index is 1600. The number of ketones is 1. The lowest BCUT2D eigenvalue weighted by Crippen LogP contribution is -2.31. The summed E-state index contributed by atoms with van der Waals surface area (Å²) in [5.41, 5.74) is 3.29. The second-order valence-corrected chi connectivity index (χ2v) is 9.19. The minimum absolute atomic E-state index is 0.0954. The molecule has 0 radical (unpaired) electrons. The monoisotopic (exact) mass is 511 g/mol. The first-order valence-corrected chi connectivity index (χ1v) is 12.0. The molecule has 9 nitrogen and oxygen atoms in total. The third-order valence-electron chi connectivity index (χ3n) is 6.86. The predicted molar refractivity (Wildman–Crippen MR) is 142 cm³/mol. The van der Waals surface area contributed by atoms with E-state index in [9.17, 15) is 24.8 Å². The van der Waals surface area contributed by atoms with Gasteiger partial charge in [0, 0.05) is 41.3 Å². The van der Waals surface area contributed by atoms with E-state index >= 15 is 0 Å². The molecule has 3 aromatic carbocycles. The molecule has 1 aliphatic heterocycles. The number of nitrogens with zero attached hydrogens (tertiary/aromatic N) is 2. The molecule has 0 saturated carbocycles. The molecule has 1 aliphatic rings. The highest BCUT2D eigenvalue weighted by molar-refractivity contribution is 6.46. The number of aromatic nitrogens is 1. The quantitative estimate of drug-likeness (QED) is 0.117. The maximum Gasteiger partial charge on any atom is 0.295 e. The van der Waals surface area contributed by atoms with Crippen molar-refractivity contribution < 1.29 is 24.4 Å². The van der Waals surface area contributed by atoms with Gasteiger partial charge in [0.1, 0.15) is 11.5 Å². The van der Waals surface area contributed by atoms with Crippen molar-refractivity contribution in [2.45, 2.75) is 19.4 Å². The molecule has 1 saturated heterocycles. The van der Waals surface area contributed by atoms with Gasteiger partial charge in [-0.3, -0.25) is 19.7 Å². The summed E-state index contributed by atoms with van der Waals surface area (Å²) < 4.78 is 5.35. The molecule has 1 aromatic heterocycles. The summed E-state index contributed by atoms with van der Waals surface area (Å²) >= 11 is 0. The van der Waals surface area contributed by atoms with E-state index in [1.54, 1.807) is 7.11 Å². The van der Waals surface area contributed by atoms with Gasteiger partial charge >= 0.3 is 0 Å². The Labute approximate surface area is 218 Å². The first kappa shape index (κ1) is 24.8. The number of aromatic amines is 1. The van der Waals surface area contributed by atoms with E-state index in [4.69, 9.17) is 4.74 Å². The van der Waals surface area contributed by atoms with Crippen molar-refractivity contribution in [1.29, 1.82) is 0 Å². The molecule has 0 unspecified atom stereocenters. The predicted octanol–water partition coefficient (Wildman–Crippen LogP) is 5.06. The fourth-order valence-electron chi connectivity index (χ4n) is 4.86. The summed E-state index contributed by atoms with van der Waals surface area (Å²) in [6.45, 7) is 2.13. The summed E-state index contributed by atoms with van der Waals surface area (Å²) in [6.07, 6.45) is 2.31. The lowest BCUT2D eigenvalue weighted by atomic mass is 9.94. The van der Waals surface area contributed by atoms with Crippen molar-refractivity contribution in [3.05, 3.63) is 111 Å². The van der Waals surface area contributed by atoms with Crippen molar-refractivity contribution in [3.63, 3.8) is 0 Å². The molecule has 0 bridgehead atoms. The Hall–Kier alpha value is -4.92. The molecule has 9 heteroatoms. The zero-order valence-corrected chi connectivity index (χ0v) is 20.8. The van der Waals surface area contributed by atoms with Gasteiger partial charge in [0.05, 0.1) is 23.6 Å². The number of nitrogens with one attached hydrogen (secondary N) is 1. The van der Waals surface area contributed by atoms with Crippen LogP contribution in [0.2, 0.25) is 0 Å². The Balaban J connectivity index is 1.56.